The van der Waals surface area contributed by atoms with E-state index in [1.54, 1.807) is 6.92 Å². The van der Waals surface area contributed by atoms with E-state index in [4.69, 9.17) is 11.6 Å². The summed E-state index contributed by atoms with van der Waals surface area (Å²) in [7, 11) is 0. The van der Waals surface area contributed by atoms with Gasteiger partial charge in [-0.25, -0.2) is 0 Å². The number of hydrogen-bond acceptors (Lipinski definition) is 3. The predicted octanol–water partition coefficient (Wildman–Crippen LogP) is 1.12. The Labute approximate surface area is 97.4 Å². The first kappa shape index (κ1) is 12.3. The molecular weight excluding hydrogens is 232 g/mol. The Morgan fingerprint density at radius 3 is 2.69 bits per heavy atom. The fourth-order valence-electron chi connectivity index (χ4n) is 1.03. The van der Waals surface area contributed by atoms with Crippen molar-refractivity contribution in [3.63, 3.8) is 0 Å². The zero-order valence-electron chi connectivity index (χ0n) is 8.58. The summed E-state index contributed by atoms with van der Waals surface area (Å²) in [5.74, 6) is -1.76. The number of carbonyl (C=O) groups is 2. The molecule has 0 fully saturated rings. The molecule has 0 spiro atoms. The number of phenolic OH excluding ortho intramolecular Hbond substituents is 1. The Hall–Kier alpha value is -1.75. The van der Waals surface area contributed by atoms with Crippen LogP contribution in [0, 0.1) is 0 Å². The first-order valence-corrected chi connectivity index (χ1v) is 5.00. The van der Waals surface area contributed by atoms with Crippen molar-refractivity contribution in [3.05, 3.63) is 23.2 Å². The van der Waals surface area contributed by atoms with Crippen LogP contribution in [-0.4, -0.2) is 23.5 Å². The molecule has 0 saturated heterocycles. The van der Waals surface area contributed by atoms with Gasteiger partial charge in [-0.05, 0) is 25.1 Å². The first-order chi connectivity index (χ1) is 7.54. The molecule has 0 heterocycles. The maximum absolute atomic E-state index is 11.3. The van der Waals surface area contributed by atoms with Crippen LogP contribution in [0.2, 0.25) is 5.02 Å². The lowest BCUT2D eigenvalue weighted by molar-refractivity contribution is -0.136. The first-order valence-electron chi connectivity index (χ1n) is 4.62. The van der Waals surface area contributed by atoms with Crippen LogP contribution in [0.5, 0.6) is 5.75 Å². The number of carbonyl (C=O) groups excluding carboxylic acids is 2. The fraction of sp³-hybridized carbons (Fsp3) is 0.200. The van der Waals surface area contributed by atoms with E-state index >= 15 is 0 Å². The van der Waals surface area contributed by atoms with E-state index in [-0.39, 0.29) is 11.4 Å². The minimum Gasteiger partial charge on any atom is -0.506 e. The van der Waals surface area contributed by atoms with Crippen LogP contribution in [0.15, 0.2) is 18.2 Å². The zero-order valence-corrected chi connectivity index (χ0v) is 9.34. The maximum atomic E-state index is 11.3. The van der Waals surface area contributed by atoms with E-state index in [1.165, 1.54) is 18.2 Å². The van der Waals surface area contributed by atoms with Gasteiger partial charge in [0.2, 0.25) is 0 Å². The summed E-state index contributed by atoms with van der Waals surface area (Å²) in [5.41, 5.74) is 0.101. The van der Waals surface area contributed by atoms with Crippen molar-refractivity contribution in [2.24, 2.45) is 0 Å². The largest absolute Gasteiger partial charge is 0.506 e. The molecule has 6 heteroatoms. The number of aromatic hydroxyl groups is 1. The minimum atomic E-state index is -0.848. The van der Waals surface area contributed by atoms with Gasteiger partial charge in [-0.2, -0.15) is 0 Å². The average Bonchev–Trinajstić information content (AvgIpc) is 2.23. The molecule has 0 aliphatic heterocycles. The number of anilines is 1. The van der Waals surface area contributed by atoms with Crippen molar-refractivity contribution in [3.8, 4) is 5.75 Å². The molecule has 86 valence electrons. The van der Waals surface area contributed by atoms with Crippen LogP contribution in [0.1, 0.15) is 6.92 Å². The van der Waals surface area contributed by atoms with Crippen LogP contribution in [0.3, 0.4) is 0 Å². The molecule has 16 heavy (non-hydrogen) atoms. The van der Waals surface area contributed by atoms with Crippen molar-refractivity contribution < 1.29 is 14.7 Å². The second-order valence-corrected chi connectivity index (χ2v) is 3.41. The van der Waals surface area contributed by atoms with E-state index in [2.05, 4.69) is 10.6 Å². The van der Waals surface area contributed by atoms with E-state index in [1.807, 2.05) is 0 Å². The molecule has 3 N–H and O–H groups in total. The number of hydrogen-bond donors (Lipinski definition) is 3. The minimum absolute atomic E-state index is 0.101. The molecule has 0 bridgehead atoms. The molecule has 0 aliphatic carbocycles. The Morgan fingerprint density at radius 1 is 1.38 bits per heavy atom. The summed E-state index contributed by atoms with van der Waals surface area (Å²) in [6.45, 7) is 2.05. The molecule has 5 nitrogen and oxygen atoms in total. The van der Waals surface area contributed by atoms with Crippen LogP contribution < -0.4 is 10.6 Å². The van der Waals surface area contributed by atoms with Crippen molar-refractivity contribution in [2.75, 3.05) is 11.9 Å². The molecule has 1 aromatic rings. The zero-order chi connectivity index (χ0) is 12.1. The molecule has 0 unspecified atom stereocenters. The van der Waals surface area contributed by atoms with Gasteiger partial charge < -0.3 is 15.7 Å². The molecule has 0 radical (unpaired) electrons. The topological polar surface area (TPSA) is 78.4 Å². The number of likely N-dealkylation sites (N-methyl/N-ethyl adjacent to an activating group) is 1. The van der Waals surface area contributed by atoms with Crippen LogP contribution >= 0.6 is 11.6 Å². The van der Waals surface area contributed by atoms with Gasteiger partial charge in [-0.3, -0.25) is 9.59 Å². The van der Waals surface area contributed by atoms with E-state index < -0.39 is 11.8 Å². The SMILES string of the molecule is CCNC(=O)C(=O)Nc1cc(Cl)ccc1O. The molecule has 0 aromatic heterocycles. The normalized spacial score (nSPS) is 9.62. The second kappa shape index (κ2) is 5.37. The average molecular weight is 243 g/mol. The molecule has 0 aliphatic rings. The summed E-state index contributed by atoms with van der Waals surface area (Å²) < 4.78 is 0. The van der Waals surface area contributed by atoms with Gasteiger partial charge in [-0.1, -0.05) is 11.6 Å². The van der Waals surface area contributed by atoms with Gasteiger partial charge in [0.1, 0.15) is 5.75 Å². The highest BCUT2D eigenvalue weighted by atomic mass is 35.5. The molecule has 0 saturated carbocycles. The van der Waals surface area contributed by atoms with Gasteiger partial charge in [0.15, 0.2) is 0 Å². The van der Waals surface area contributed by atoms with Gasteiger partial charge in [0.25, 0.3) is 0 Å². The number of amides is 2. The third-order valence-corrected chi connectivity index (χ3v) is 1.99. The van der Waals surface area contributed by atoms with Crippen molar-refractivity contribution in [1.29, 1.82) is 0 Å². The summed E-state index contributed by atoms with van der Waals surface area (Å²) >= 11 is 5.68. The van der Waals surface area contributed by atoms with E-state index in [0.717, 1.165) is 0 Å². The lowest BCUT2D eigenvalue weighted by Gasteiger charge is -2.07. The van der Waals surface area contributed by atoms with E-state index in [0.29, 0.717) is 11.6 Å². The third kappa shape index (κ3) is 3.13. The van der Waals surface area contributed by atoms with Gasteiger partial charge >= 0.3 is 11.8 Å². The molecule has 2 amide bonds. The maximum Gasteiger partial charge on any atom is 0.313 e. The third-order valence-electron chi connectivity index (χ3n) is 1.75. The predicted molar refractivity (Wildman–Crippen MR) is 60.4 cm³/mol. The summed E-state index contributed by atoms with van der Waals surface area (Å²) in [5, 5.41) is 14.3. The number of halogens is 1. The lowest BCUT2D eigenvalue weighted by Crippen LogP contribution is -2.35. The van der Waals surface area contributed by atoms with Crippen molar-refractivity contribution in [1.82, 2.24) is 5.32 Å². The lowest BCUT2D eigenvalue weighted by atomic mass is 10.3. The Kier molecular flexibility index (Phi) is 4.13. The monoisotopic (exact) mass is 242 g/mol. The molecule has 0 atom stereocenters. The standard InChI is InChI=1S/C10H11ClN2O3/c1-2-12-9(15)10(16)13-7-5-6(11)3-4-8(7)14/h3-5,14H,2H2,1H3,(H,12,15)(H,13,16). The van der Waals surface area contributed by atoms with Gasteiger partial charge in [0, 0.05) is 11.6 Å². The highest BCUT2D eigenvalue weighted by Crippen LogP contribution is 2.26. The number of benzene rings is 1. The number of nitrogens with one attached hydrogen (secondary N) is 2. The number of rotatable bonds is 2. The fourth-order valence-corrected chi connectivity index (χ4v) is 1.20. The number of phenols is 1. The van der Waals surface area contributed by atoms with Gasteiger partial charge in [-0.15, -0.1) is 0 Å². The Bertz CT molecular complexity index is 421. The highest BCUT2D eigenvalue weighted by molar-refractivity contribution is 6.40. The summed E-state index contributed by atoms with van der Waals surface area (Å²) in [6, 6.07) is 4.16. The quantitative estimate of drug-likeness (QED) is 0.537. The smallest absolute Gasteiger partial charge is 0.313 e. The Balaban J connectivity index is 2.76. The van der Waals surface area contributed by atoms with E-state index in [9.17, 15) is 14.7 Å². The highest BCUT2D eigenvalue weighted by Gasteiger charge is 2.14. The van der Waals surface area contributed by atoms with Crippen LogP contribution in [0.25, 0.3) is 0 Å². The van der Waals surface area contributed by atoms with Gasteiger partial charge in [0.05, 0.1) is 5.69 Å². The molecule has 1 rings (SSSR count). The second-order valence-electron chi connectivity index (χ2n) is 2.98. The van der Waals surface area contributed by atoms with Crippen molar-refractivity contribution >= 4 is 29.1 Å². The molecular formula is C10H11ClN2O3. The van der Waals surface area contributed by atoms with Crippen molar-refractivity contribution in [2.45, 2.75) is 6.92 Å². The summed E-state index contributed by atoms with van der Waals surface area (Å²) in [4.78, 5) is 22.4. The van der Waals surface area contributed by atoms with Crippen LogP contribution in [-0.2, 0) is 9.59 Å². The van der Waals surface area contributed by atoms with Crippen LogP contribution in [0.4, 0.5) is 5.69 Å². The Morgan fingerprint density at radius 2 is 2.06 bits per heavy atom. The summed E-state index contributed by atoms with van der Waals surface area (Å²) in [6.07, 6.45) is 0. The molecule has 1 aromatic carbocycles.